The van der Waals surface area contributed by atoms with Crippen LogP contribution < -0.4 is 0 Å². The van der Waals surface area contributed by atoms with Gasteiger partial charge in [0.05, 0.1) is 0 Å². The normalized spacial score (nSPS) is 8.83. The van der Waals surface area contributed by atoms with Gasteiger partial charge in [-0.1, -0.05) is 31.6 Å². The Balaban J connectivity index is 0. The van der Waals surface area contributed by atoms with E-state index >= 15 is 0 Å². The molecule has 0 rings (SSSR count). The van der Waals surface area contributed by atoms with Gasteiger partial charge >= 0.3 is 0 Å². The van der Waals surface area contributed by atoms with Crippen LogP contribution in [0.3, 0.4) is 0 Å². The van der Waals surface area contributed by atoms with Crippen molar-refractivity contribution < 1.29 is 0 Å². The third kappa shape index (κ3) is 32.9. The lowest BCUT2D eigenvalue weighted by Gasteiger charge is -2.00. The van der Waals surface area contributed by atoms with Gasteiger partial charge in [-0.25, -0.2) is 0 Å². The molecule has 1 heteroatoms. The molecule has 0 saturated carbocycles. The zero-order valence-electron chi connectivity index (χ0n) is 9.11. The zero-order valence-corrected chi connectivity index (χ0v) is 9.92. The summed E-state index contributed by atoms with van der Waals surface area (Å²) in [5, 5.41) is 0. The number of rotatable bonds is 3. The van der Waals surface area contributed by atoms with Gasteiger partial charge in [-0.3, -0.25) is 0 Å². The first-order valence-corrected chi connectivity index (χ1v) is 4.88. The molecule has 0 N–H and O–H groups in total. The van der Waals surface area contributed by atoms with Gasteiger partial charge in [-0.15, -0.1) is 6.58 Å². The summed E-state index contributed by atoms with van der Waals surface area (Å²) in [5.74, 6) is 0.799. The minimum atomic E-state index is 0.799. The largest absolute Gasteiger partial charge is 0.100 e. The van der Waals surface area contributed by atoms with E-state index in [0.717, 1.165) is 17.2 Å². The van der Waals surface area contributed by atoms with Gasteiger partial charge in [0.1, 0.15) is 0 Å². The van der Waals surface area contributed by atoms with Crippen molar-refractivity contribution in [2.45, 2.75) is 47.5 Å². The molecule has 0 aromatic carbocycles. The molecular weight excluding hydrogens is 164 g/mol. The van der Waals surface area contributed by atoms with Crippen molar-refractivity contribution in [2.24, 2.45) is 5.92 Å². The fraction of sp³-hybridized carbons (Fsp3) is 0.727. The lowest BCUT2D eigenvalue weighted by Crippen LogP contribution is -1.91. The molecule has 0 aliphatic heterocycles. The van der Waals surface area contributed by atoms with Crippen LogP contribution in [0.15, 0.2) is 12.2 Å². The van der Waals surface area contributed by atoms with Crippen LogP contribution in [-0.4, -0.2) is 4.86 Å². The Labute approximate surface area is 83.1 Å². The molecule has 0 fully saturated rings. The highest BCUT2D eigenvalue weighted by Crippen LogP contribution is 2.03. The lowest BCUT2D eigenvalue weighted by atomic mass is 10.1. The zero-order chi connectivity index (χ0) is 10.1. The van der Waals surface area contributed by atoms with Crippen LogP contribution in [0.4, 0.5) is 0 Å². The van der Waals surface area contributed by atoms with E-state index in [4.69, 9.17) is 12.2 Å². The maximum atomic E-state index is 4.91. The SMILES string of the molecule is C=C(C)C.CC(=S)CCC(C)C. The molecule has 0 bridgehead atoms. The van der Waals surface area contributed by atoms with Crippen LogP contribution in [0.25, 0.3) is 0 Å². The average molecular weight is 186 g/mol. The van der Waals surface area contributed by atoms with E-state index < -0.39 is 0 Å². The molecule has 0 aliphatic rings. The van der Waals surface area contributed by atoms with E-state index in [0.29, 0.717) is 0 Å². The van der Waals surface area contributed by atoms with E-state index in [1.165, 1.54) is 12.0 Å². The van der Waals surface area contributed by atoms with Gasteiger partial charge in [-0.2, -0.15) is 0 Å². The smallest absolute Gasteiger partial charge is 0.0102 e. The molecule has 0 amide bonds. The number of thiocarbonyl (C=S) groups is 1. The molecule has 0 nitrogen and oxygen atoms in total. The summed E-state index contributed by atoms with van der Waals surface area (Å²) in [6.07, 6.45) is 2.36. The van der Waals surface area contributed by atoms with Gasteiger partial charge in [-0.05, 0) is 44.4 Å². The van der Waals surface area contributed by atoms with Gasteiger partial charge in [0.25, 0.3) is 0 Å². The molecular formula is C11H22S. The van der Waals surface area contributed by atoms with Crippen LogP contribution in [0.1, 0.15) is 47.5 Å². The quantitative estimate of drug-likeness (QED) is 0.465. The highest BCUT2D eigenvalue weighted by Gasteiger charge is 1.92. The first kappa shape index (κ1) is 14.4. The molecule has 0 heterocycles. The molecule has 72 valence electrons. The maximum absolute atomic E-state index is 4.91. The Morgan fingerprint density at radius 2 is 1.58 bits per heavy atom. The average Bonchev–Trinajstić information content (AvgIpc) is 1.82. The van der Waals surface area contributed by atoms with E-state index in [2.05, 4.69) is 20.4 Å². The third-order valence-electron chi connectivity index (χ3n) is 1.07. The van der Waals surface area contributed by atoms with E-state index in [1.54, 1.807) is 0 Å². The van der Waals surface area contributed by atoms with Crippen molar-refractivity contribution in [3.05, 3.63) is 12.2 Å². The number of allylic oxidation sites excluding steroid dienone is 1. The molecule has 0 atom stereocenters. The van der Waals surface area contributed by atoms with Crippen molar-refractivity contribution in [3.8, 4) is 0 Å². The summed E-state index contributed by atoms with van der Waals surface area (Å²) in [6, 6.07) is 0. The van der Waals surface area contributed by atoms with Crippen molar-refractivity contribution in [1.82, 2.24) is 0 Å². The van der Waals surface area contributed by atoms with Gasteiger partial charge in [0.15, 0.2) is 0 Å². The van der Waals surface area contributed by atoms with Crippen molar-refractivity contribution in [3.63, 3.8) is 0 Å². The summed E-state index contributed by atoms with van der Waals surface area (Å²) in [6.45, 7) is 14.0. The van der Waals surface area contributed by atoms with E-state index in [9.17, 15) is 0 Å². The second-order valence-corrected chi connectivity index (χ2v) is 4.54. The van der Waals surface area contributed by atoms with Crippen LogP contribution in [0, 0.1) is 5.92 Å². The Morgan fingerprint density at radius 3 is 1.67 bits per heavy atom. The molecule has 0 aromatic heterocycles. The first-order valence-electron chi connectivity index (χ1n) is 4.47. The lowest BCUT2D eigenvalue weighted by molar-refractivity contribution is 0.605. The Bertz CT molecular complexity index is 130. The molecule has 0 aromatic rings. The Kier molecular flexibility index (Phi) is 10.7. The minimum absolute atomic E-state index is 0.799. The third-order valence-corrected chi connectivity index (χ3v) is 1.28. The highest BCUT2D eigenvalue weighted by atomic mass is 32.1. The monoisotopic (exact) mass is 186 g/mol. The summed E-state index contributed by atoms with van der Waals surface area (Å²) in [7, 11) is 0. The van der Waals surface area contributed by atoms with Crippen LogP contribution in [0.2, 0.25) is 0 Å². The molecule has 0 saturated heterocycles. The van der Waals surface area contributed by atoms with E-state index in [1.807, 2.05) is 20.8 Å². The molecule has 12 heavy (non-hydrogen) atoms. The van der Waals surface area contributed by atoms with Gasteiger partial charge in [0.2, 0.25) is 0 Å². The summed E-state index contributed by atoms with van der Waals surface area (Å²) >= 11 is 4.91. The van der Waals surface area contributed by atoms with Crippen LogP contribution >= 0.6 is 12.2 Å². The Hall–Kier alpha value is -0.170. The summed E-state index contributed by atoms with van der Waals surface area (Å²) in [5.41, 5.74) is 1.17. The number of hydrogen-bond donors (Lipinski definition) is 0. The second-order valence-electron chi connectivity index (χ2n) is 3.84. The molecule has 0 radical (unpaired) electrons. The van der Waals surface area contributed by atoms with Crippen molar-refractivity contribution in [1.29, 1.82) is 0 Å². The van der Waals surface area contributed by atoms with Crippen molar-refractivity contribution in [2.75, 3.05) is 0 Å². The molecule has 0 spiro atoms. The van der Waals surface area contributed by atoms with Gasteiger partial charge in [0, 0.05) is 0 Å². The van der Waals surface area contributed by atoms with Gasteiger partial charge < -0.3 is 0 Å². The van der Waals surface area contributed by atoms with E-state index in [-0.39, 0.29) is 0 Å². The summed E-state index contributed by atoms with van der Waals surface area (Å²) in [4.78, 5) is 1.14. The molecule has 0 aliphatic carbocycles. The predicted octanol–water partition coefficient (Wildman–Crippen LogP) is 4.39. The first-order chi connectivity index (χ1) is 5.36. The summed E-state index contributed by atoms with van der Waals surface area (Å²) < 4.78 is 0. The van der Waals surface area contributed by atoms with Crippen molar-refractivity contribution >= 4 is 17.1 Å². The fourth-order valence-electron chi connectivity index (χ4n) is 0.492. The van der Waals surface area contributed by atoms with Crippen LogP contribution in [-0.2, 0) is 0 Å². The fourth-order valence-corrected chi connectivity index (χ4v) is 0.610. The number of hydrogen-bond acceptors (Lipinski definition) is 1. The second kappa shape index (κ2) is 8.92. The Morgan fingerprint density at radius 1 is 1.25 bits per heavy atom. The predicted molar refractivity (Wildman–Crippen MR) is 62.8 cm³/mol. The standard InChI is InChI=1S/C7H14S.C4H8/c1-6(2)4-5-7(3)8;1-4(2)3/h6H,4-5H2,1-3H3;1H2,2-3H3. The highest BCUT2D eigenvalue weighted by molar-refractivity contribution is 7.80. The minimum Gasteiger partial charge on any atom is -0.100 e. The maximum Gasteiger partial charge on any atom is -0.0102 e. The van der Waals surface area contributed by atoms with Crippen LogP contribution in [0.5, 0.6) is 0 Å². The topological polar surface area (TPSA) is 0 Å². The molecule has 0 unspecified atom stereocenters.